The molecule has 0 aliphatic rings. The van der Waals surface area contributed by atoms with Crippen molar-refractivity contribution in [3.63, 3.8) is 0 Å². The molecule has 0 bridgehead atoms. The minimum Gasteiger partial charge on any atom is -0.395 e. The van der Waals surface area contributed by atoms with Crippen LogP contribution in [0.2, 0.25) is 0 Å². The Bertz CT molecular complexity index is 280. The molecule has 0 radical (unpaired) electrons. The van der Waals surface area contributed by atoms with Gasteiger partial charge in [0, 0.05) is 13.5 Å². The summed E-state index contributed by atoms with van der Waals surface area (Å²) < 4.78 is 1.70. The molecule has 0 spiro atoms. The standard InChI is InChI=1S/C8H10N2O/c1-10-8(5-6-9-10)4-2-3-7-11/h5-6,11H,3,7H2,1H3. The van der Waals surface area contributed by atoms with Gasteiger partial charge in [0.2, 0.25) is 0 Å². The Kier molecular flexibility index (Phi) is 2.70. The molecular formula is C8H10N2O. The fraction of sp³-hybridized carbons (Fsp3) is 0.375. The summed E-state index contributed by atoms with van der Waals surface area (Å²) in [6.45, 7) is 0.116. The smallest absolute Gasteiger partial charge is 0.110 e. The van der Waals surface area contributed by atoms with Crippen molar-refractivity contribution in [2.75, 3.05) is 6.61 Å². The SMILES string of the molecule is Cn1nccc1C#CCCO. The van der Waals surface area contributed by atoms with Crippen molar-refractivity contribution in [3.8, 4) is 11.8 Å². The first kappa shape index (κ1) is 7.83. The van der Waals surface area contributed by atoms with Gasteiger partial charge < -0.3 is 5.11 Å². The maximum Gasteiger partial charge on any atom is 0.110 e. The summed E-state index contributed by atoms with van der Waals surface area (Å²) in [7, 11) is 1.84. The van der Waals surface area contributed by atoms with Crippen LogP contribution in [-0.4, -0.2) is 21.5 Å². The third-order valence-corrected chi connectivity index (χ3v) is 1.27. The quantitative estimate of drug-likeness (QED) is 0.579. The minimum absolute atomic E-state index is 0.116. The fourth-order valence-electron chi connectivity index (χ4n) is 0.706. The molecule has 0 saturated heterocycles. The van der Waals surface area contributed by atoms with Crippen molar-refractivity contribution in [1.29, 1.82) is 0 Å². The first-order chi connectivity index (χ1) is 5.34. The first-order valence-corrected chi connectivity index (χ1v) is 3.42. The number of hydrogen-bond donors (Lipinski definition) is 1. The zero-order chi connectivity index (χ0) is 8.10. The summed E-state index contributed by atoms with van der Waals surface area (Å²) in [6.07, 6.45) is 2.22. The molecule has 3 heteroatoms. The lowest BCUT2D eigenvalue weighted by atomic mass is 10.4. The van der Waals surface area contributed by atoms with Crippen molar-refractivity contribution >= 4 is 0 Å². The highest BCUT2D eigenvalue weighted by molar-refractivity contribution is 5.26. The predicted molar refractivity (Wildman–Crippen MR) is 41.8 cm³/mol. The van der Waals surface area contributed by atoms with Crippen molar-refractivity contribution in [2.45, 2.75) is 6.42 Å². The average Bonchev–Trinajstić information content (AvgIpc) is 2.37. The van der Waals surface area contributed by atoms with E-state index in [0.717, 1.165) is 5.69 Å². The number of nitrogens with zero attached hydrogens (tertiary/aromatic N) is 2. The van der Waals surface area contributed by atoms with E-state index in [-0.39, 0.29) is 6.61 Å². The minimum atomic E-state index is 0.116. The second-order valence-electron chi connectivity index (χ2n) is 2.12. The van der Waals surface area contributed by atoms with Gasteiger partial charge in [0.15, 0.2) is 0 Å². The number of aryl methyl sites for hydroxylation is 1. The Labute approximate surface area is 65.7 Å². The van der Waals surface area contributed by atoms with Crippen LogP contribution < -0.4 is 0 Å². The predicted octanol–water partition coefficient (Wildman–Crippen LogP) is 0.154. The Hall–Kier alpha value is -1.27. The van der Waals surface area contributed by atoms with Gasteiger partial charge >= 0.3 is 0 Å². The highest BCUT2D eigenvalue weighted by Crippen LogP contribution is 1.91. The number of hydrogen-bond acceptors (Lipinski definition) is 2. The molecule has 0 saturated carbocycles. The molecule has 0 aliphatic heterocycles. The van der Waals surface area contributed by atoms with Crippen LogP contribution in [0, 0.1) is 11.8 Å². The van der Waals surface area contributed by atoms with Gasteiger partial charge in [-0.2, -0.15) is 5.10 Å². The van der Waals surface area contributed by atoms with E-state index in [1.165, 1.54) is 0 Å². The van der Waals surface area contributed by atoms with Crippen LogP contribution in [0.5, 0.6) is 0 Å². The van der Waals surface area contributed by atoms with Gasteiger partial charge in [0.05, 0.1) is 12.8 Å². The van der Waals surface area contributed by atoms with Crippen LogP contribution in [0.1, 0.15) is 12.1 Å². The lowest BCUT2D eigenvalue weighted by Crippen LogP contribution is -1.92. The van der Waals surface area contributed by atoms with E-state index in [0.29, 0.717) is 6.42 Å². The van der Waals surface area contributed by atoms with Crippen LogP contribution in [0.4, 0.5) is 0 Å². The van der Waals surface area contributed by atoms with E-state index in [9.17, 15) is 0 Å². The molecule has 0 amide bonds. The molecule has 1 rings (SSSR count). The number of aliphatic hydroxyl groups is 1. The summed E-state index contributed by atoms with van der Waals surface area (Å²) in [5.41, 5.74) is 0.874. The number of aromatic nitrogens is 2. The maximum absolute atomic E-state index is 8.44. The van der Waals surface area contributed by atoms with Crippen LogP contribution in [0.15, 0.2) is 12.3 Å². The van der Waals surface area contributed by atoms with E-state index in [1.54, 1.807) is 10.9 Å². The molecule has 0 aromatic carbocycles. The Morgan fingerprint density at radius 2 is 2.55 bits per heavy atom. The maximum atomic E-state index is 8.44. The molecule has 58 valence electrons. The van der Waals surface area contributed by atoms with E-state index >= 15 is 0 Å². The van der Waals surface area contributed by atoms with Crippen LogP contribution >= 0.6 is 0 Å². The largest absolute Gasteiger partial charge is 0.395 e. The zero-order valence-corrected chi connectivity index (χ0v) is 6.41. The molecule has 0 unspecified atom stereocenters. The lowest BCUT2D eigenvalue weighted by Gasteiger charge is -1.88. The second-order valence-corrected chi connectivity index (χ2v) is 2.12. The zero-order valence-electron chi connectivity index (χ0n) is 6.41. The molecule has 1 aromatic rings. The van der Waals surface area contributed by atoms with Gasteiger partial charge in [-0.15, -0.1) is 0 Å². The Morgan fingerprint density at radius 3 is 3.09 bits per heavy atom. The molecule has 1 N–H and O–H groups in total. The molecule has 0 fully saturated rings. The summed E-state index contributed by atoms with van der Waals surface area (Å²) in [4.78, 5) is 0. The highest BCUT2D eigenvalue weighted by atomic mass is 16.2. The lowest BCUT2D eigenvalue weighted by molar-refractivity contribution is 0.305. The summed E-state index contributed by atoms with van der Waals surface area (Å²) in [5, 5.41) is 12.4. The number of aliphatic hydroxyl groups excluding tert-OH is 1. The van der Waals surface area contributed by atoms with Gasteiger partial charge in [-0.25, -0.2) is 0 Å². The Morgan fingerprint density at radius 1 is 1.73 bits per heavy atom. The topological polar surface area (TPSA) is 38.0 Å². The highest BCUT2D eigenvalue weighted by Gasteiger charge is 1.89. The van der Waals surface area contributed by atoms with Crippen molar-refractivity contribution in [2.24, 2.45) is 7.05 Å². The molecular weight excluding hydrogens is 140 g/mol. The second kappa shape index (κ2) is 3.79. The number of rotatable bonds is 1. The average molecular weight is 150 g/mol. The molecule has 0 atom stereocenters. The monoisotopic (exact) mass is 150 g/mol. The molecule has 3 nitrogen and oxygen atoms in total. The van der Waals surface area contributed by atoms with Gasteiger partial charge in [0.25, 0.3) is 0 Å². The van der Waals surface area contributed by atoms with Gasteiger partial charge in [-0.3, -0.25) is 4.68 Å². The summed E-state index contributed by atoms with van der Waals surface area (Å²) in [6, 6.07) is 1.84. The summed E-state index contributed by atoms with van der Waals surface area (Å²) in [5.74, 6) is 5.70. The molecule has 11 heavy (non-hydrogen) atoms. The first-order valence-electron chi connectivity index (χ1n) is 3.42. The van der Waals surface area contributed by atoms with E-state index in [2.05, 4.69) is 16.9 Å². The van der Waals surface area contributed by atoms with Crippen LogP contribution in [-0.2, 0) is 7.05 Å². The van der Waals surface area contributed by atoms with E-state index in [1.807, 2.05) is 13.1 Å². The third-order valence-electron chi connectivity index (χ3n) is 1.27. The molecule has 1 heterocycles. The van der Waals surface area contributed by atoms with Gasteiger partial charge in [-0.05, 0) is 12.0 Å². The van der Waals surface area contributed by atoms with Crippen LogP contribution in [0.3, 0.4) is 0 Å². The van der Waals surface area contributed by atoms with Crippen molar-refractivity contribution in [3.05, 3.63) is 18.0 Å². The Balaban J connectivity index is 2.65. The third kappa shape index (κ3) is 2.10. The molecule has 0 aliphatic carbocycles. The van der Waals surface area contributed by atoms with E-state index in [4.69, 9.17) is 5.11 Å². The van der Waals surface area contributed by atoms with Crippen molar-refractivity contribution < 1.29 is 5.11 Å². The van der Waals surface area contributed by atoms with Crippen LogP contribution in [0.25, 0.3) is 0 Å². The molecule has 1 aromatic heterocycles. The van der Waals surface area contributed by atoms with Crippen molar-refractivity contribution in [1.82, 2.24) is 9.78 Å². The van der Waals surface area contributed by atoms with Gasteiger partial charge in [-0.1, -0.05) is 5.92 Å². The van der Waals surface area contributed by atoms with E-state index < -0.39 is 0 Å². The fourth-order valence-corrected chi connectivity index (χ4v) is 0.706. The normalized spacial score (nSPS) is 8.91. The summed E-state index contributed by atoms with van der Waals surface area (Å²) >= 11 is 0. The van der Waals surface area contributed by atoms with Gasteiger partial charge in [0.1, 0.15) is 5.69 Å².